The number of carbonyl (C=O) groups excluding carboxylic acids is 1. The maximum Gasteiger partial charge on any atom is 0.266 e. The SMILES string of the molecule is CC(Oc1ccc(F)cc1)C(=O)Nc1ccnn1Cc1ccccc1Br. The summed E-state index contributed by atoms with van der Waals surface area (Å²) in [5, 5.41) is 7.07. The van der Waals surface area contributed by atoms with Gasteiger partial charge in [-0.1, -0.05) is 34.1 Å². The van der Waals surface area contributed by atoms with Crippen molar-refractivity contribution in [3.8, 4) is 5.75 Å². The van der Waals surface area contributed by atoms with Gasteiger partial charge in [0.2, 0.25) is 0 Å². The summed E-state index contributed by atoms with van der Waals surface area (Å²) in [4.78, 5) is 12.4. The van der Waals surface area contributed by atoms with Crippen molar-refractivity contribution >= 4 is 27.7 Å². The lowest BCUT2D eigenvalue weighted by molar-refractivity contribution is -0.122. The predicted molar refractivity (Wildman–Crippen MR) is 101 cm³/mol. The number of ether oxygens (including phenoxy) is 1. The molecular weight excluding hydrogens is 401 g/mol. The first kappa shape index (κ1) is 18.1. The molecule has 1 aromatic heterocycles. The molecule has 0 aliphatic heterocycles. The zero-order valence-corrected chi connectivity index (χ0v) is 15.6. The van der Waals surface area contributed by atoms with E-state index in [1.165, 1.54) is 24.3 Å². The standard InChI is InChI=1S/C19H17BrFN3O2/c1-13(26-16-8-6-15(21)7-9-16)19(25)23-18-10-11-22-24(18)12-14-4-2-3-5-17(14)20/h2-11,13H,12H2,1H3,(H,23,25). The molecule has 0 bridgehead atoms. The van der Waals surface area contributed by atoms with Crippen molar-refractivity contribution in [3.05, 3.63) is 76.6 Å². The molecule has 0 fully saturated rings. The second-order valence-electron chi connectivity index (χ2n) is 5.67. The highest BCUT2D eigenvalue weighted by molar-refractivity contribution is 9.10. The maximum absolute atomic E-state index is 12.9. The van der Waals surface area contributed by atoms with E-state index in [0.717, 1.165) is 10.0 Å². The monoisotopic (exact) mass is 417 g/mol. The van der Waals surface area contributed by atoms with Crippen LogP contribution in [0.2, 0.25) is 0 Å². The third-order valence-corrected chi connectivity index (χ3v) is 4.52. The van der Waals surface area contributed by atoms with Crippen LogP contribution >= 0.6 is 15.9 Å². The highest BCUT2D eigenvalue weighted by Crippen LogP contribution is 2.19. The van der Waals surface area contributed by atoms with Gasteiger partial charge >= 0.3 is 0 Å². The van der Waals surface area contributed by atoms with Gasteiger partial charge in [0.05, 0.1) is 12.7 Å². The molecule has 2 aromatic carbocycles. The zero-order valence-electron chi connectivity index (χ0n) is 14.0. The van der Waals surface area contributed by atoms with E-state index in [4.69, 9.17) is 4.74 Å². The fraction of sp³-hybridized carbons (Fsp3) is 0.158. The predicted octanol–water partition coefficient (Wildman–Crippen LogP) is 4.24. The highest BCUT2D eigenvalue weighted by Gasteiger charge is 2.17. The Labute approximate surface area is 158 Å². The quantitative estimate of drug-likeness (QED) is 0.652. The van der Waals surface area contributed by atoms with Crippen molar-refractivity contribution in [1.29, 1.82) is 0 Å². The third kappa shape index (κ3) is 4.49. The summed E-state index contributed by atoms with van der Waals surface area (Å²) in [6.45, 7) is 2.14. The number of benzene rings is 2. The molecule has 1 N–H and O–H groups in total. The van der Waals surface area contributed by atoms with E-state index in [9.17, 15) is 9.18 Å². The Balaban J connectivity index is 1.65. The summed E-state index contributed by atoms with van der Waals surface area (Å²) in [5.74, 6) is 0.324. The van der Waals surface area contributed by atoms with E-state index in [0.29, 0.717) is 18.1 Å². The Morgan fingerprint density at radius 2 is 1.96 bits per heavy atom. The van der Waals surface area contributed by atoms with Gasteiger partial charge in [-0.25, -0.2) is 9.07 Å². The average molecular weight is 418 g/mol. The number of carbonyl (C=O) groups is 1. The lowest BCUT2D eigenvalue weighted by Crippen LogP contribution is -2.31. The third-order valence-electron chi connectivity index (χ3n) is 3.74. The molecule has 26 heavy (non-hydrogen) atoms. The normalized spacial score (nSPS) is 11.8. The Kier molecular flexibility index (Phi) is 5.68. The van der Waals surface area contributed by atoms with Crippen molar-refractivity contribution in [2.75, 3.05) is 5.32 Å². The number of nitrogens with zero attached hydrogens (tertiary/aromatic N) is 2. The van der Waals surface area contributed by atoms with Crippen LogP contribution < -0.4 is 10.1 Å². The summed E-state index contributed by atoms with van der Waals surface area (Å²) < 4.78 is 21.1. The topological polar surface area (TPSA) is 56.1 Å². The molecule has 1 unspecified atom stereocenters. The first-order chi connectivity index (χ1) is 12.5. The molecule has 5 nitrogen and oxygen atoms in total. The fourth-order valence-electron chi connectivity index (χ4n) is 2.35. The van der Waals surface area contributed by atoms with Crippen LogP contribution in [0.3, 0.4) is 0 Å². The molecule has 134 valence electrons. The minimum absolute atomic E-state index is 0.316. The highest BCUT2D eigenvalue weighted by atomic mass is 79.9. The van der Waals surface area contributed by atoms with Gasteiger partial charge in [-0.05, 0) is 42.8 Å². The van der Waals surface area contributed by atoms with Crippen LogP contribution in [0.5, 0.6) is 5.75 Å². The van der Waals surface area contributed by atoms with Crippen molar-refractivity contribution < 1.29 is 13.9 Å². The summed E-state index contributed by atoms with van der Waals surface area (Å²) in [6, 6.07) is 15.1. The largest absolute Gasteiger partial charge is 0.481 e. The minimum Gasteiger partial charge on any atom is -0.481 e. The van der Waals surface area contributed by atoms with Crippen molar-refractivity contribution in [3.63, 3.8) is 0 Å². The number of nitrogens with one attached hydrogen (secondary N) is 1. The Bertz CT molecular complexity index is 896. The van der Waals surface area contributed by atoms with Gasteiger partial charge in [-0.2, -0.15) is 5.10 Å². The van der Waals surface area contributed by atoms with E-state index >= 15 is 0 Å². The molecule has 0 radical (unpaired) electrons. The zero-order chi connectivity index (χ0) is 18.5. The van der Waals surface area contributed by atoms with Crippen molar-refractivity contribution in [1.82, 2.24) is 9.78 Å². The summed E-state index contributed by atoms with van der Waals surface area (Å²) in [7, 11) is 0. The molecule has 0 saturated carbocycles. The molecule has 3 aromatic rings. The number of halogens is 2. The summed E-state index contributed by atoms with van der Waals surface area (Å²) >= 11 is 3.51. The number of amides is 1. The van der Waals surface area contributed by atoms with Gasteiger partial charge in [-0.15, -0.1) is 0 Å². The van der Waals surface area contributed by atoms with Gasteiger partial charge in [0.15, 0.2) is 6.10 Å². The van der Waals surface area contributed by atoms with E-state index < -0.39 is 6.10 Å². The van der Waals surface area contributed by atoms with Crippen LogP contribution in [0.25, 0.3) is 0 Å². The van der Waals surface area contributed by atoms with Gasteiger partial charge in [0, 0.05) is 10.5 Å². The second-order valence-corrected chi connectivity index (χ2v) is 6.52. The summed E-state index contributed by atoms with van der Waals surface area (Å²) in [6.07, 6.45) is 0.880. The maximum atomic E-state index is 12.9. The Hall–Kier alpha value is -2.67. The number of hydrogen-bond donors (Lipinski definition) is 1. The fourth-order valence-corrected chi connectivity index (χ4v) is 2.76. The number of aromatic nitrogens is 2. The lowest BCUT2D eigenvalue weighted by atomic mass is 10.2. The molecule has 1 heterocycles. The molecule has 1 atom stereocenters. The Morgan fingerprint density at radius 3 is 2.69 bits per heavy atom. The van der Waals surface area contributed by atoms with Crippen molar-refractivity contribution in [2.24, 2.45) is 0 Å². The molecule has 1 amide bonds. The smallest absolute Gasteiger partial charge is 0.266 e. The van der Waals surface area contributed by atoms with Crippen LogP contribution in [0.4, 0.5) is 10.2 Å². The Morgan fingerprint density at radius 1 is 1.23 bits per heavy atom. The molecule has 7 heteroatoms. The van der Waals surface area contributed by atoms with E-state index in [1.807, 2.05) is 24.3 Å². The number of rotatable bonds is 6. The van der Waals surface area contributed by atoms with Crippen LogP contribution in [0.1, 0.15) is 12.5 Å². The molecule has 3 rings (SSSR count). The van der Waals surface area contributed by atoms with Crippen molar-refractivity contribution in [2.45, 2.75) is 19.6 Å². The molecule has 0 spiro atoms. The van der Waals surface area contributed by atoms with E-state index in [2.05, 4.69) is 26.3 Å². The second kappa shape index (κ2) is 8.14. The van der Waals surface area contributed by atoms with Gasteiger partial charge in [0.1, 0.15) is 17.4 Å². The average Bonchev–Trinajstić information content (AvgIpc) is 3.05. The number of anilines is 1. The minimum atomic E-state index is -0.743. The molecule has 0 aliphatic rings. The van der Waals surface area contributed by atoms with Crippen LogP contribution in [-0.4, -0.2) is 21.8 Å². The van der Waals surface area contributed by atoms with Crippen LogP contribution in [0, 0.1) is 5.82 Å². The van der Waals surface area contributed by atoms with Gasteiger partial charge in [0.25, 0.3) is 5.91 Å². The lowest BCUT2D eigenvalue weighted by Gasteiger charge is -2.15. The molecular formula is C19H17BrFN3O2. The van der Waals surface area contributed by atoms with Gasteiger partial charge < -0.3 is 10.1 Å². The van der Waals surface area contributed by atoms with E-state index in [1.54, 1.807) is 23.9 Å². The number of hydrogen-bond acceptors (Lipinski definition) is 3. The molecule has 0 aliphatic carbocycles. The van der Waals surface area contributed by atoms with Crippen LogP contribution in [-0.2, 0) is 11.3 Å². The van der Waals surface area contributed by atoms with Gasteiger partial charge in [-0.3, -0.25) is 4.79 Å². The van der Waals surface area contributed by atoms with Crippen LogP contribution in [0.15, 0.2) is 65.3 Å². The van der Waals surface area contributed by atoms with E-state index in [-0.39, 0.29) is 11.7 Å². The first-order valence-electron chi connectivity index (χ1n) is 8.01. The summed E-state index contributed by atoms with van der Waals surface area (Å²) in [5.41, 5.74) is 1.04. The molecule has 0 saturated heterocycles. The first-order valence-corrected chi connectivity index (χ1v) is 8.80.